The van der Waals surface area contributed by atoms with Gasteiger partial charge in [0, 0.05) is 77.5 Å². The van der Waals surface area contributed by atoms with Gasteiger partial charge in [-0.15, -0.1) is 5.10 Å². The largest absolute Gasteiger partial charge is 0.459 e. The minimum absolute atomic E-state index is 0.0845. The summed E-state index contributed by atoms with van der Waals surface area (Å²) < 4.78 is 59.8. The highest BCUT2D eigenvalue weighted by Crippen LogP contribution is 2.39. The lowest BCUT2D eigenvalue weighted by Gasteiger charge is -2.47. The molecule has 73 heavy (non-hydrogen) atoms. The SMILES string of the molecule is CC[C@H]1OC(=O)[C@H](C)[C@@H](O[C@H]2C[C@@](C)(OC)[C@@H](O)[C@H](C)O2)C[C@@H](O[C@@H]2O[C@H](C)C[C@H](N(C)CCc3cn([C@H](CF)[C@H](OC)c4ccc(C(=O)NC)cc4)nn3)[C@H]2O)[C@](C)(O)C[C@@H](C)CN(C)[C@H](C)[C@@H](O)[C@]1(C)O. The number of hydrogen-bond donors (Lipinski definition) is 6. The van der Waals surface area contributed by atoms with Crippen molar-refractivity contribution < 1.29 is 72.7 Å². The quantitative estimate of drug-likeness (QED) is 0.132. The highest BCUT2D eigenvalue weighted by Gasteiger charge is 2.51. The number of halogens is 1. The second-order valence-corrected chi connectivity index (χ2v) is 21.7. The zero-order valence-corrected chi connectivity index (χ0v) is 45.5. The van der Waals surface area contributed by atoms with E-state index in [0.29, 0.717) is 42.8 Å². The number of benzene rings is 1. The molecular formula is C52H87FN6O14. The molecule has 416 valence electrons. The van der Waals surface area contributed by atoms with Crippen LogP contribution in [0.25, 0.3) is 0 Å². The Bertz CT molecular complexity index is 2050. The van der Waals surface area contributed by atoms with Crippen LogP contribution in [-0.4, -0.2) is 208 Å². The molecule has 2 aromatic rings. The first-order chi connectivity index (χ1) is 34.2. The van der Waals surface area contributed by atoms with Gasteiger partial charge in [-0.25, -0.2) is 9.07 Å². The summed E-state index contributed by atoms with van der Waals surface area (Å²) in [5.74, 6) is -2.26. The van der Waals surface area contributed by atoms with Crippen LogP contribution < -0.4 is 5.32 Å². The van der Waals surface area contributed by atoms with Crippen molar-refractivity contribution in [2.45, 2.75) is 203 Å². The van der Waals surface area contributed by atoms with E-state index < -0.39 is 121 Å². The lowest BCUT2D eigenvalue weighted by Crippen LogP contribution is -2.59. The number of aliphatic hydroxyl groups excluding tert-OH is 3. The molecule has 0 unspecified atom stereocenters. The number of carbonyl (C=O) groups excluding carboxylic acids is 2. The number of alkyl halides is 1. The Balaban J connectivity index is 1.41. The second-order valence-electron chi connectivity index (χ2n) is 21.7. The van der Waals surface area contributed by atoms with Crippen molar-refractivity contribution in [1.82, 2.24) is 30.1 Å². The minimum Gasteiger partial charge on any atom is -0.459 e. The number of methoxy groups -OCH3 is 2. The molecule has 0 bridgehead atoms. The molecule has 1 aromatic carbocycles. The van der Waals surface area contributed by atoms with E-state index >= 15 is 0 Å². The van der Waals surface area contributed by atoms with Gasteiger partial charge < -0.3 is 73.8 Å². The number of nitrogens with one attached hydrogen (secondary N) is 1. The van der Waals surface area contributed by atoms with E-state index in [1.165, 1.54) is 25.8 Å². The summed E-state index contributed by atoms with van der Waals surface area (Å²) in [6, 6.07) is 4.80. The molecule has 3 aliphatic heterocycles. The van der Waals surface area contributed by atoms with Crippen molar-refractivity contribution >= 4 is 11.9 Å². The third-order valence-corrected chi connectivity index (χ3v) is 15.9. The number of amides is 1. The molecule has 0 spiro atoms. The van der Waals surface area contributed by atoms with Gasteiger partial charge in [0.15, 0.2) is 12.6 Å². The predicted octanol–water partition coefficient (Wildman–Crippen LogP) is 3.12. The molecule has 3 fully saturated rings. The van der Waals surface area contributed by atoms with Crippen molar-refractivity contribution in [3.05, 3.63) is 47.3 Å². The lowest BCUT2D eigenvalue weighted by molar-refractivity contribution is -0.308. The Labute approximate surface area is 431 Å². The van der Waals surface area contributed by atoms with E-state index in [-0.39, 0.29) is 37.5 Å². The van der Waals surface area contributed by atoms with E-state index in [4.69, 9.17) is 33.2 Å². The first-order valence-corrected chi connectivity index (χ1v) is 25.8. The molecule has 6 N–H and O–H groups in total. The van der Waals surface area contributed by atoms with Crippen molar-refractivity contribution in [3.8, 4) is 0 Å². The van der Waals surface area contributed by atoms with Crippen LogP contribution in [0.15, 0.2) is 30.5 Å². The van der Waals surface area contributed by atoms with Crippen molar-refractivity contribution in [2.75, 3.05) is 55.1 Å². The molecule has 5 rings (SSSR count). The molecule has 1 aromatic heterocycles. The topological polar surface area (TPSA) is 249 Å². The standard InChI is InChI=1S/C52H87FN6O14/c1-15-40-52(9,66)45(61)32(5)58(12)27-29(2)24-50(7,65)41(23-39(31(4)48(64)72-40)71-42-25-51(8,68-14)46(62)33(6)70-42)73-49-43(60)37(22-30(3)69-49)57(11)21-20-36-28-59(56-55-36)38(26-53)44(67-13)34-16-18-35(19-17-34)47(63)54-10/h16-19,28-33,37-46,49,60-62,65-66H,15,20-27H2,1-14H3,(H,54,63)/t29-,30-,31-,32-,33+,37+,38-,39+,40-,41-,42+,43-,44-,45-,46+,49+,50-,51-,52-/m1/s1. The second kappa shape index (κ2) is 25.7. The number of likely N-dealkylation sites (N-methyl/N-ethyl adjacent to an activating group) is 2. The number of cyclic esters (lactones) is 1. The third kappa shape index (κ3) is 14.4. The van der Waals surface area contributed by atoms with E-state index in [0.717, 1.165) is 0 Å². The first-order valence-electron chi connectivity index (χ1n) is 25.8. The number of ether oxygens (including phenoxy) is 7. The van der Waals surface area contributed by atoms with Crippen LogP contribution in [0.3, 0.4) is 0 Å². The summed E-state index contributed by atoms with van der Waals surface area (Å²) in [6.07, 6.45) is -8.20. The van der Waals surface area contributed by atoms with Gasteiger partial charge in [0.2, 0.25) is 0 Å². The van der Waals surface area contributed by atoms with Crippen LogP contribution in [0.2, 0.25) is 0 Å². The summed E-state index contributed by atoms with van der Waals surface area (Å²) in [5.41, 5.74) is -2.87. The maximum atomic E-state index is 14.8. The summed E-state index contributed by atoms with van der Waals surface area (Å²) in [4.78, 5) is 30.3. The van der Waals surface area contributed by atoms with Gasteiger partial charge in [-0.05, 0) is 105 Å². The molecule has 1 amide bonds. The third-order valence-electron chi connectivity index (χ3n) is 15.9. The Morgan fingerprint density at radius 2 is 1.67 bits per heavy atom. The summed E-state index contributed by atoms with van der Waals surface area (Å²) in [7, 11) is 8.20. The van der Waals surface area contributed by atoms with E-state index in [1.807, 2.05) is 37.7 Å². The van der Waals surface area contributed by atoms with E-state index in [2.05, 4.69) is 15.6 Å². The summed E-state index contributed by atoms with van der Waals surface area (Å²) in [6.45, 7) is 15.5. The Morgan fingerprint density at radius 3 is 2.27 bits per heavy atom. The molecule has 0 radical (unpaired) electrons. The number of aromatic nitrogens is 3. The fourth-order valence-electron chi connectivity index (χ4n) is 10.9. The monoisotopic (exact) mass is 1040 g/mol. The van der Waals surface area contributed by atoms with E-state index in [1.54, 1.807) is 79.1 Å². The molecule has 21 heteroatoms. The summed E-state index contributed by atoms with van der Waals surface area (Å²) in [5, 5.41) is 70.6. The number of esters is 1. The number of hydrogen-bond acceptors (Lipinski definition) is 18. The molecule has 4 heterocycles. The first kappa shape index (κ1) is 60.6. The smallest absolute Gasteiger partial charge is 0.311 e. The zero-order chi connectivity index (χ0) is 54.3. The maximum Gasteiger partial charge on any atom is 0.311 e. The number of carbonyl (C=O) groups is 2. The molecule has 3 saturated heterocycles. The predicted molar refractivity (Wildman–Crippen MR) is 267 cm³/mol. The van der Waals surface area contributed by atoms with Crippen LogP contribution in [0.5, 0.6) is 0 Å². The van der Waals surface area contributed by atoms with Crippen LogP contribution >= 0.6 is 0 Å². The lowest BCUT2D eigenvalue weighted by atomic mass is 9.83. The van der Waals surface area contributed by atoms with Gasteiger partial charge in [0.25, 0.3) is 5.91 Å². The van der Waals surface area contributed by atoms with Gasteiger partial charge in [0.1, 0.15) is 48.8 Å². The van der Waals surface area contributed by atoms with Crippen LogP contribution in [0, 0.1) is 11.8 Å². The van der Waals surface area contributed by atoms with Crippen LogP contribution in [-0.2, 0) is 44.4 Å². The van der Waals surface area contributed by atoms with Crippen molar-refractivity contribution in [1.29, 1.82) is 0 Å². The molecule has 20 nitrogen and oxygen atoms in total. The average Bonchev–Trinajstić information content (AvgIpc) is 3.82. The number of rotatable bonds is 16. The fourth-order valence-corrected chi connectivity index (χ4v) is 10.9. The number of nitrogens with zero attached hydrogens (tertiary/aromatic N) is 5. The number of aliphatic hydroxyl groups is 5. The van der Waals surface area contributed by atoms with Crippen LogP contribution in [0.4, 0.5) is 4.39 Å². The van der Waals surface area contributed by atoms with Gasteiger partial charge in [-0.1, -0.05) is 31.2 Å². The molecule has 19 atom stereocenters. The Kier molecular flexibility index (Phi) is 21.3. The van der Waals surface area contributed by atoms with Gasteiger partial charge in [0.05, 0.1) is 47.2 Å². The van der Waals surface area contributed by atoms with Gasteiger partial charge in [-0.3, -0.25) is 9.59 Å². The fraction of sp³-hybridized carbons (Fsp3) is 0.808. The van der Waals surface area contributed by atoms with E-state index in [9.17, 15) is 39.5 Å². The Hall–Kier alpha value is -3.29. The average molecular weight is 1040 g/mol. The molecular weight excluding hydrogens is 952 g/mol. The van der Waals surface area contributed by atoms with Gasteiger partial charge >= 0.3 is 5.97 Å². The van der Waals surface area contributed by atoms with Crippen LogP contribution in [0.1, 0.15) is 128 Å². The zero-order valence-electron chi connectivity index (χ0n) is 45.5. The highest BCUT2D eigenvalue weighted by atomic mass is 19.1. The van der Waals surface area contributed by atoms with Crippen molar-refractivity contribution in [3.63, 3.8) is 0 Å². The molecule has 3 aliphatic rings. The van der Waals surface area contributed by atoms with Crippen molar-refractivity contribution in [2.24, 2.45) is 11.8 Å². The highest BCUT2D eigenvalue weighted by molar-refractivity contribution is 5.93. The molecule has 0 saturated carbocycles. The summed E-state index contributed by atoms with van der Waals surface area (Å²) >= 11 is 0. The molecule has 0 aliphatic carbocycles. The maximum absolute atomic E-state index is 14.8. The normalized spacial score (nSPS) is 38.5. The van der Waals surface area contributed by atoms with Gasteiger partial charge in [-0.2, -0.15) is 0 Å². The minimum atomic E-state index is -1.85. The Morgan fingerprint density at radius 1 is 1.00 bits per heavy atom.